The minimum Gasteiger partial charge on any atom is -0.457 e. The van der Waals surface area contributed by atoms with E-state index in [9.17, 15) is 19.2 Å². The molecule has 3 aromatic rings. The number of halogens is 1. The average molecular weight is 389 g/mol. The molecule has 0 aliphatic heterocycles. The number of nitriles is 1. The summed E-state index contributed by atoms with van der Waals surface area (Å²) in [5, 5.41) is 14.6. The first kappa shape index (κ1) is 19.6. The molecule has 2 amide bonds. The van der Waals surface area contributed by atoms with Crippen LogP contribution in [0.25, 0.3) is 17.4 Å². The van der Waals surface area contributed by atoms with Gasteiger partial charge in [0.15, 0.2) is 0 Å². The van der Waals surface area contributed by atoms with Crippen LogP contribution in [0.15, 0.2) is 70.7 Å². The number of furan rings is 1. The normalized spacial score (nSPS) is 10.9. The maximum atomic E-state index is 13.0. The van der Waals surface area contributed by atoms with E-state index in [0.717, 1.165) is 0 Å². The second-order valence-electron chi connectivity index (χ2n) is 6.09. The van der Waals surface area contributed by atoms with Crippen molar-refractivity contribution in [3.05, 3.63) is 77.8 Å². The molecule has 2 aromatic carbocycles. The van der Waals surface area contributed by atoms with Gasteiger partial charge in [0.2, 0.25) is 5.91 Å². The van der Waals surface area contributed by atoms with Gasteiger partial charge in [0.25, 0.3) is 5.91 Å². The Balaban J connectivity index is 1.72. The first-order valence-electron chi connectivity index (χ1n) is 8.61. The number of benzene rings is 2. The lowest BCUT2D eigenvalue weighted by Gasteiger charge is -2.06. The second kappa shape index (κ2) is 8.67. The minimum absolute atomic E-state index is 0.143. The van der Waals surface area contributed by atoms with Crippen molar-refractivity contribution in [2.45, 2.75) is 6.92 Å². The van der Waals surface area contributed by atoms with Gasteiger partial charge in [0.1, 0.15) is 29.0 Å². The predicted octanol–water partition coefficient (Wildman–Crippen LogP) is 4.59. The number of hydrogen-bond donors (Lipinski definition) is 2. The summed E-state index contributed by atoms with van der Waals surface area (Å²) in [7, 11) is 0. The Morgan fingerprint density at radius 3 is 2.17 bits per heavy atom. The van der Waals surface area contributed by atoms with Crippen molar-refractivity contribution in [1.82, 2.24) is 0 Å². The zero-order valence-electron chi connectivity index (χ0n) is 15.4. The lowest BCUT2D eigenvalue weighted by molar-refractivity contribution is -0.114. The molecular formula is C22H16FN3O3. The van der Waals surface area contributed by atoms with Gasteiger partial charge in [0, 0.05) is 29.9 Å². The van der Waals surface area contributed by atoms with Crippen LogP contribution in [0.1, 0.15) is 12.7 Å². The predicted molar refractivity (Wildman–Crippen MR) is 107 cm³/mol. The zero-order chi connectivity index (χ0) is 20.8. The number of carbonyl (C=O) groups is 2. The van der Waals surface area contributed by atoms with Crippen LogP contribution in [-0.2, 0) is 9.59 Å². The topological polar surface area (TPSA) is 95.1 Å². The van der Waals surface area contributed by atoms with E-state index in [-0.39, 0.29) is 17.3 Å². The van der Waals surface area contributed by atoms with Gasteiger partial charge in [-0.25, -0.2) is 4.39 Å². The molecule has 2 N–H and O–H groups in total. The summed E-state index contributed by atoms with van der Waals surface area (Å²) < 4.78 is 18.7. The fourth-order valence-corrected chi connectivity index (χ4v) is 2.53. The molecule has 1 aromatic heterocycles. The van der Waals surface area contributed by atoms with Gasteiger partial charge in [-0.15, -0.1) is 0 Å². The third kappa shape index (κ3) is 5.17. The van der Waals surface area contributed by atoms with Gasteiger partial charge in [-0.3, -0.25) is 9.59 Å². The molecule has 0 saturated heterocycles. The van der Waals surface area contributed by atoms with Crippen LogP contribution in [-0.4, -0.2) is 11.8 Å². The number of hydrogen-bond acceptors (Lipinski definition) is 4. The molecule has 0 aliphatic carbocycles. The number of nitrogens with one attached hydrogen (secondary N) is 2. The molecule has 0 saturated carbocycles. The van der Waals surface area contributed by atoms with E-state index in [1.807, 2.05) is 6.07 Å². The highest BCUT2D eigenvalue weighted by Crippen LogP contribution is 2.24. The molecule has 0 unspecified atom stereocenters. The first-order chi connectivity index (χ1) is 13.9. The molecule has 7 heteroatoms. The van der Waals surface area contributed by atoms with Gasteiger partial charge in [-0.1, -0.05) is 0 Å². The van der Waals surface area contributed by atoms with Crippen LogP contribution < -0.4 is 10.6 Å². The van der Waals surface area contributed by atoms with Crippen LogP contribution in [0.5, 0.6) is 0 Å². The van der Waals surface area contributed by atoms with E-state index in [0.29, 0.717) is 28.5 Å². The van der Waals surface area contributed by atoms with Gasteiger partial charge in [-0.2, -0.15) is 5.26 Å². The van der Waals surface area contributed by atoms with Crippen molar-refractivity contribution in [2.75, 3.05) is 10.6 Å². The SMILES string of the molecule is CC(=O)Nc1ccc(NC(=O)/C(C#N)=C/c2ccc(-c3ccc(F)cc3)o2)cc1. The second-order valence-corrected chi connectivity index (χ2v) is 6.09. The maximum Gasteiger partial charge on any atom is 0.266 e. The zero-order valence-corrected chi connectivity index (χ0v) is 15.4. The molecule has 6 nitrogen and oxygen atoms in total. The summed E-state index contributed by atoms with van der Waals surface area (Å²) in [6, 6.07) is 17.4. The third-order valence-electron chi connectivity index (χ3n) is 3.87. The van der Waals surface area contributed by atoms with Gasteiger partial charge < -0.3 is 15.1 Å². The molecule has 0 radical (unpaired) electrons. The molecule has 144 valence electrons. The fourth-order valence-electron chi connectivity index (χ4n) is 2.53. The van der Waals surface area contributed by atoms with Crippen LogP contribution in [0, 0.1) is 17.1 Å². The molecule has 0 bridgehead atoms. The Kier molecular flexibility index (Phi) is 5.85. The number of anilines is 2. The molecule has 1 heterocycles. The highest BCUT2D eigenvalue weighted by Gasteiger charge is 2.12. The summed E-state index contributed by atoms with van der Waals surface area (Å²) in [5.74, 6) is -0.344. The van der Waals surface area contributed by atoms with Gasteiger partial charge >= 0.3 is 0 Å². The van der Waals surface area contributed by atoms with Crippen LogP contribution in [0.4, 0.5) is 15.8 Å². The monoisotopic (exact) mass is 389 g/mol. The standard InChI is InChI=1S/C22H16FN3O3/c1-14(27)25-18-6-8-19(9-7-18)26-22(28)16(13-24)12-20-10-11-21(29-20)15-2-4-17(23)5-3-15/h2-12H,1H3,(H,25,27)(H,26,28)/b16-12+. The van der Waals surface area contributed by atoms with Crippen molar-refractivity contribution in [3.8, 4) is 17.4 Å². The highest BCUT2D eigenvalue weighted by atomic mass is 19.1. The van der Waals surface area contributed by atoms with E-state index >= 15 is 0 Å². The van der Waals surface area contributed by atoms with Crippen LogP contribution >= 0.6 is 0 Å². The molecule has 0 atom stereocenters. The fraction of sp³-hybridized carbons (Fsp3) is 0.0455. The molecular weight excluding hydrogens is 373 g/mol. The largest absolute Gasteiger partial charge is 0.457 e. The molecule has 0 spiro atoms. The number of carbonyl (C=O) groups excluding carboxylic acids is 2. The van der Waals surface area contributed by atoms with E-state index < -0.39 is 5.91 Å². The average Bonchev–Trinajstić information content (AvgIpc) is 3.16. The summed E-state index contributed by atoms with van der Waals surface area (Å²) in [6.07, 6.45) is 1.33. The van der Waals surface area contributed by atoms with Crippen molar-refractivity contribution in [2.24, 2.45) is 0 Å². The first-order valence-corrected chi connectivity index (χ1v) is 8.61. The quantitative estimate of drug-likeness (QED) is 0.493. The van der Waals surface area contributed by atoms with Crippen LogP contribution in [0.3, 0.4) is 0 Å². The minimum atomic E-state index is -0.598. The highest BCUT2D eigenvalue weighted by molar-refractivity contribution is 6.09. The Bertz CT molecular complexity index is 1110. The van der Waals surface area contributed by atoms with Crippen molar-refractivity contribution in [1.29, 1.82) is 5.26 Å². The Morgan fingerprint density at radius 1 is 0.966 bits per heavy atom. The Morgan fingerprint density at radius 2 is 1.59 bits per heavy atom. The molecule has 29 heavy (non-hydrogen) atoms. The van der Waals surface area contributed by atoms with E-state index in [2.05, 4.69) is 10.6 Å². The smallest absolute Gasteiger partial charge is 0.266 e. The Hall–Kier alpha value is -4.18. The summed E-state index contributed by atoms with van der Waals surface area (Å²) in [6.45, 7) is 1.40. The molecule has 0 fully saturated rings. The van der Waals surface area contributed by atoms with Crippen LogP contribution in [0.2, 0.25) is 0 Å². The van der Waals surface area contributed by atoms with E-state index in [4.69, 9.17) is 4.42 Å². The van der Waals surface area contributed by atoms with E-state index in [1.54, 1.807) is 48.5 Å². The van der Waals surface area contributed by atoms with Gasteiger partial charge in [-0.05, 0) is 60.7 Å². The number of amides is 2. The third-order valence-corrected chi connectivity index (χ3v) is 3.87. The molecule has 0 aliphatic rings. The van der Waals surface area contributed by atoms with Crippen molar-refractivity contribution in [3.63, 3.8) is 0 Å². The summed E-state index contributed by atoms with van der Waals surface area (Å²) in [4.78, 5) is 23.4. The van der Waals surface area contributed by atoms with Gasteiger partial charge in [0.05, 0.1) is 0 Å². The van der Waals surface area contributed by atoms with Crippen molar-refractivity contribution >= 4 is 29.3 Å². The maximum absolute atomic E-state index is 13.0. The lowest BCUT2D eigenvalue weighted by Crippen LogP contribution is -2.13. The number of nitrogens with zero attached hydrogens (tertiary/aromatic N) is 1. The molecule has 3 rings (SSSR count). The summed E-state index contributed by atoms with van der Waals surface area (Å²) in [5.41, 5.74) is 1.59. The Labute approximate surface area is 166 Å². The van der Waals surface area contributed by atoms with E-state index in [1.165, 1.54) is 25.1 Å². The summed E-state index contributed by atoms with van der Waals surface area (Å²) >= 11 is 0. The lowest BCUT2D eigenvalue weighted by atomic mass is 10.2. The number of rotatable bonds is 5. The van der Waals surface area contributed by atoms with Crippen molar-refractivity contribution < 1.29 is 18.4 Å².